The number of halogens is 1. The van der Waals surface area contributed by atoms with E-state index in [1.807, 2.05) is 0 Å². The van der Waals surface area contributed by atoms with E-state index < -0.39 is 11.5 Å². The van der Waals surface area contributed by atoms with Gasteiger partial charge in [0.05, 0.1) is 6.20 Å². The van der Waals surface area contributed by atoms with Crippen molar-refractivity contribution in [2.75, 3.05) is 6.54 Å². The van der Waals surface area contributed by atoms with Crippen molar-refractivity contribution in [1.82, 2.24) is 14.7 Å². The van der Waals surface area contributed by atoms with E-state index in [-0.39, 0.29) is 35.4 Å². The van der Waals surface area contributed by atoms with E-state index in [4.69, 9.17) is 0 Å². The summed E-state index contributed by atoms with van der Waals surface area (Å²) in [5.41, 5.74) is -0.393. The molecule has 3 rings (SSSR count). The smallest absolute Gasteiger partial charge is 0.341 e. The topological polar surface area (TPSA) is 92.5 Å². The Morgan fingerprint density at radius 2 is 2.04 bits per heavy atom. The second-order valence-corrected chi connectivity index (χ2v) is 7.00. The third-order valence-corrected chi connectivity index (χ3v) is 5.09. The Bertz CT molecular complexity index is 957. The zero-order chi connectivity index (χ0) is 20.3. The predicted molar refractivity (Wildman–Crippen MR) is 99.6 cm³/mol. The number of amides is 1. The van der Waals surface area contributed by atoms with E-state index in [1.165, 1.54) is 19.2 Å². The number of aryl methyl sites for hydroxylation is 1. The van der Waals surface area contributed by atoms with E-state index in [0.717, 1.165) is 23.9 Å². The van der Waals surface area contributed by atoms with Crippen LogP contribution < -0.4 is 5.56 Å². The number of piperidine rings is 1. The zero-order valence-electron chi connectivity index (χ0n) is 15.6. The van der Waals surface area contributed by atoms with Crippen molar-refractivity contribution < 1.29 is 19.1 Å². The highest BCUT2D eigenvalue weighted by Gasteiger charge is 2.28. The zero-order valence-corrected chi connectivity index (χ0v) is 15.6. The van der Waals surface area contributed by atoms with Gasteiger partial charge in [0.1, 0.15) is 17.9 Å². The fraction of sp³-hybridized carbons (Fsp3) is 0.400. The van der Waals surface area contributed by atoms with Crippen molar-refractivity contribution in [3.05, 3.63) is 63.3 Å². The lowest BCUT2D eigenvalue weighted by atomic mass is 9.95. The molecule has 1 saturated heterocycles. The SMILES string of the molecule is Cc1cnn(CC(=O)N2CCCCC2Cc2ccccc2F)c(=O)c1C(=O)O. The van der Waals surface area contributed by atoms with Crippen LogP contribution in [0.25, 0.3) is 0 Å². The van der Waals surface area contributed by atoms with Crippen LogP contribution >= 0.6 is 0 Å². The molecule has 1 fully saturated rings. The summed E-state index contributed by atoms with van der Waals surface area (Å²) in [6, 6.07) is 6.32. The molecule has 7 nitrogen and oxygen atoms in total. The monoisotopic (exact) mass is 387 g/mol. The number of hydrogen-bond donors (Lipinski definition) is 1. The number of carbonyl (C=O) groups is 2. The van der Waals surface area contributed by atoms with E-state index in [9.17, 15) is 23.9 Å². The van der Waals surface area contributed by atoms with Crippen LogP contribution in [0.3, 0.4) is 0 Å². The van der Waals surface area contributed by atoms with Gasteiger partial charge in [0.2, 0.25) is 5.91 Å². The molecule has 2 aromatic rings. The molecule has 1 aliphatic rings. The number of rotatable bonds is 5. The summed E-state index contributed by atoms with van der Waals surface area (Å²) in [5.74, 6) is -1.97. The van der Waals surface area contributed by atoms with Gasteiger partial charge in [-0.05, 0) is 49.8 Å². The normalized spacial score (nSPS) is 16.8. The maximum Gasteiger partial charge on any atom is 0.341 e. The molecule has 0 saturated carbocycles. The molecular formula is C20H22FN3O4. The summed E-state index contributed by atoms with van der Waals surface area (Å²) in [4.78, 5) is 38.2. The van der Waals surface area contributed by atoms with Crippen molar-refractivity contribution in [3.63, 3.8) is 0 Å². The summed E-state index contributed by atoms with van der Waals surface area (Å²) in [5, 5.41) is 13.1. The summed E-state index contributed by atoms with van der Waals surface area (Å²) in [7, 11) is 0. The fourth-order valence-electron chi connectivity index (χ4n) is 3.62. The Hall–Kier alpha value is -3.03. The van der Waals surface area contributed by atoms with Crippen molar-refractivity contribution in [2.24, 2.45) is 0 Å². The lowest BCUT2D eigenvalue weighted by Crippen LogP contribution is -2.47. The minimum Gasteiger partial charge on any atom is -0.477 e. The maximum absolute atomic E-state index is 14.0. The largest absolute Gasteiger partial charge is 0.477 e. The van der Waals surface area contributed by atoms with Gasteiger partial charge in [-0.3, -0.25) is 9.59 Å². The van der Waals surface area contributed by atoms with Gasteiger partial charge in [0, 0.05) is 12.6 Å². The van der Waals surface area contributed by atoms with E-state index in [0.29, 0.717) is 18.5 Å². The van der Waals surface area contributed by atoms with Crippen molar-refractivity contribution in [1.29, 1.82) is 0 Å². The molecule has 2 heterocycles. The molecule has 0 spiro atoms. The minimum atomic E-state index is -1.35. The van der Waals surface area contributed by atoms with Gasteiger partial charge < -0.3 is 10.0 Å². The maximum atomic E-state index is 14.0. The fourth-order valence-corrected chi connectivity index (χ4v) is 3.62. The van der Waals surface area contributed by atoms with Crippen molar-refractivity contribution in [3.8, 4) is 0 Å². The Morgan fingerprint density at radius 3 is 2.75 bits per heavy atom. The summed E-state index contributed by atoms with van der Waals surface area (Å²) in [6.07, 6.45) is 4.18. The first-order chi connectivity index (χ1) is 13.4. The second kappa shape index (κ2) is 8.33. The van der Waals surface area contributed by atoms with E-state index in [2.05, 4.69) is 5.10 Å². The highest BCUT2D eigenvalue weighted by Crippen LogP contribution is 2.22. The molecule has 0 radical (unpaired) electrons. The molecule has 0 bridgehead atoms. The van der Waals surface area contributed by atoms with Gasteiger partial charge in [-0.1, -0.05) is 18.2 Å². The van der Waals surface area contributed by atoms with Crippen LogP contribution in [0.5, 0.6) is 0 Å². The summed E-state index contributed by atoms with van der Waals surface area (Å²) >= 11 is 0. The molecule has 1 unspecified atom stereocenters. The van der Waals surface area contributed by atoms with Crippen LogP contribution in [-0.4, -0.2) is 44.3 Å². The third-order valence-electron chi connectivity index (χ3n) is 5.09. The molecule has 1 aromatic heterocycles. The Balaban J connectivity index is 1.81. The highest BCUT2D eigenvalue weighted by atomic mass is 19.1. The molecule has 28 heavy (non-hydrogen) atoms. The average molecular weight is 387 g/mol. The first kappa shape index (κ1) is 19.7. The van der Waals surface area contributed by atoms with Crippen LogP contribution in [-0.2, 0) is 17.8 Å². The number of nitrogens with zero attached hydrogens (tertiary/aromatic N) is 3. The van der Waals surface area contributed by atoms with Crippen LogP contribution in [0.2, 0.25) is 0 Å². The van der Waals surface area contributed by atoms with Crippen molar-refractivity contribution in [2.45, 2.75) is 45.2 Å². The number of hydrogen-bond acceptors (Lipinski definition) is 4. The number of carboxylic acid groups (broad SMARTS) is 1. The average Bonchev–Trinajstić information content (AvgIpc) is 2.66. The van der Waals surface area contributed by atoms with Gasteiger partial charge in [-0.25, -0.2) is 13.9 Å². The Kier molecular flexibility index (Phi) is 5.87. The first-order valence-electron chi connectivity index (χ1n) is 9.21. The second-order valence-electron chi connectivity index (χ2n) is 7.00. The van der Waals surface area contributed by atoms with Crippen LogP contribution in [0.4, 0.5) is 4.39 Å². The number of carboxylic acids is 1. The quantitative estimate of drug-likeness (QED) is 0.847. The standard InChI is InChI=1S/C20H22FN3O4/c1-13-11-22-24(19(26)18(13)20(27)28)12-17(25)23-9-5-4-7-15(23)10-14-6-2-3-8-16(14)21/h2-3,6,8,11,15H,4-5,7,9-10,12H2,1H3,(H,27,28). The van der Waals surface area contributed by atoms with Crippen molar-refractivity contribution >= 4 is 11.9 Å². The minimum absolute atomic E-state index is 0.168. The number of carbonyl (C=O) groups excluding carboxylic acids is 1. The number of likely N-dealkylation sites (tertiary alicyclic amines) is 1. The lowest BCUT2D eigenvalue weighted by molar-refractivity contribution is -0.135. The highest BCUT2D eigenvalue weighted by molar-refractivity contribution is 5.88. The van der Waals surface area contributed by atoms with Gasteiger partial charge in [0.15, 0.2) is 0 Å². The molecule has 1 atom stereocenters. The molecular weight excluding hydrogens is 365 g/mol. The summed E-state index contributed by atoms with van der Waals surface area (Å²) in [6.45, 7) is 1.66. The number of aromatic nitrogens is 2. The predicted octanol–water partition coefficient (Wildman–Crippen LogP) is 2.01. The molecule has 1 N–H and O–H groups in total. The summed E-state index contributed by atoms with van der Waals surface area (Å²) < 4.78 is 14.9. The van der Waals surface area contributed by atoms with E-state index in [1.54, 1.807) is 23.1 Å². The molecule has 1 aliphatic heterocycles. The number of aromatic carboxylic acids is 1. The molecule has 148 valence electrons. The lowest BCUT2D eigenvalue weighted by Gasteiger charge is -2.36. The first-order valence-corrected chi connectivity index (χ1v) is 9.21. The molecule has 1 amide bonds. The van der Waals surface area contributed by atoms with Crippen LogP contribution in [0.1, 0.15) is 40.7 Å². The van der Waals surface area contributed by atoms with E-state index >= 15 is 0 Å². The van der Waals surface area contributed by atoms with Gasteiger partial charge in [-0.2, -0.15) is 5.10 Å². The Morgan fingerprint density at radius 1 is 1.29 bits per heavy atom. The van der Waals surface area contributed by atoms with Gasteiger partial charge >= 0.3 is 5.97 Å². The molecule has 0 aliphatic carbocycles. The van der Waals surface area contributed by atoms with Crippen LogP contribution in [0, 0.1) is 12.7 Å². The molecule has 8 heteroatoms. The Labute approximate surface area is 161 Å². The number of benzene rings is 1. The third kappa shape index (κ3) is 4.11. The van der Waals surface area contributed by atoms with Gasteiger partial charge in [0.25, 0.3) is 5.56 Å². The van der Waals surface area contributed by atoms with Crippen LogP contribution in [0.15, 0.2) is 35.3 Å². The van der Waals surface area contributed by atoms with Gasteiger partial charge in [-0.15, -0.1) is 0 Å². The molecule has 1 aromatic carbocycles.